The molecule has 1 aromatic rings. The molecule has 27 heavy (non-hydrogen) atoms. The van der Waals surface area contributed by atoms with Gasteiger partial charge in [0.15, 0.2) is 6.61 Å². The Balaban J connectivity index is 1.99. The summed E-state index contributed by atoms with van der Waals surface area (Å²) in [5.74, 6) is -1.47. The molecule has 0 aliphatic carbocycles. The quantitative estimate of drug-likeness (QED) is 0.584. The van der Waals surface area contributed by atoms with Crippen LogP contribution in [0.4, 0.5) is 0 Å². The summed E-state index contributed by atoms with van der Waals surface area (Å²) in [5.41, 5.74) is 0. The first-order chi connectivity index (χ1) is 12.7. The molecule has 2 N–H and O–H groups in total. The number of sulfonamides is 1. The van der Waals surface area contributed by atoms with Crippen LogP contribution in [0, 0.1) is 0 Å². The highest BCUT2D eigenvalue weighted by molar-refractivity contribution is 7.89. The van der Waals surface area contributed by atoms with Crippen molar-refractivity contribution in [3.8, 4) is 0 Å². The zero-order valence-corrected chi connectivity index (χ0v) is 16.2. The fourth-order valence-electron chi connectivity index (χ4n) is 2.32. The minimum atomic E-state index is -4.11. The number of amides is 1. The van der Waals surface area contributed by atoms with Gasteiger partial charge in [-0.3, -0.25) is 9.59 Å². The zero-order valence-electron chi connectivity index (χ0n) is 14.6. The monoisotopic (exact) mass is 420 g/mol. The summed E-state index contributed by atoms with van der Waals surface area (Å²) in [5, 5.41) is 10.1. The molecule has 11 heteroatoms. The Morgan fingerprint density at radius 1 is 1.30 bits per heavy atom. The number of nitrogens with one attached hydrogen (secondary N) is 1. The van der Waals surface area contributed by atoms with Gasteiger partial charge in [-0.05, 0) is 31.2 Å². The maximum atomic E-state index is 12.4. The lowest BCUT2D eigenvalue weighted by molar-refractivity contribution is -0.156. The van der Waals surface area contributed by atoms with E-state index in [0.717, 1.165) is 0 Å². The Labute approximate surface area is 162 Å². The molecule has 1 aliphatic rings. The molecule has 1 aromatic carbocycles. The number of carbonyl (C=O) groups excluding carboxylic acids is 2. The van der Waals surface area contributed by atoms with Crippen molar-refractivity contribution in [1.29, 1.82) is 0 Å². The number of nitrogens with zero attached hydrogens (tertiary/aromatic N) is 1. The predicted molar refractivity (Wildman–Crippen MR) is 95.6 cm³/mol. The number of aliphatic hydroxyl groups is 1. The van der Waals surface area contributed by atoms with Crippen LogP contribution in [0.5, 0.6) is 0 Å². The first-order valence-electron chi connectivity index (χ1n) is 8.19. The molecule has 0 spiro atoms. The maximum absolute atomic E-state index is 12.4. The van der Waals surface area contributed by atoms with Crippen LogP contribution in [-0.4, -0.2) is 75.4 Å². The Morgan fingerprint density at radius 3 is 2.44 bits per heavy atom. The number of esters is 1. The molecule has 150 valence electrons. The predicted octanol–water partition coefficient (Wildman–Crippen LogP) is -0.230. The summed E-state index contributed by atoms with van der Waals surface area (Å²) < 4.78 is 36.9. The van der Waals surface area contributed by atoms with Crippen LogP contribution in [0.3, 0.4) is 0 Å². The van der Waals surface area contributed by atoms with Crippen molar-refractivity contribution in [1.82, 2.24) is 9.62 Å². The van der Waals surface area contributed by atoms with Crippen LogP contribution in [0.1, 0.15) is 6.92 Å². The highest BCUT2D eigenvalue weighted by Crippen LogP contribution is 2.15. The van der Waals surface area contributed by atoms with Crippen molar-refractivity contribution in [3.05, 3.63) is 29.3 Å². The lowest BCUT2D eigenvalue weighted by Crippen LogP contribution is -2.49. The van der Waals surface area contributed by atoms with Crippen LogP contribution < -0.4 is 4.72 Å². The Morgan fingerprint density at radius 2 is 1.89 bits per heavy atom. The second-order valence-corrected chi connectivity index (χ2v) is 8.04. The van der Waals surface area contributed by atoms with Gasteiger partial charge in [0.25, 0.3) is 5.91 Å². The molecule has 0 saturated carbocycles. The highest BCUT2D eigenvalue weighted by Gasteiger charge is 2.31. The van der Waals surface area contributed by atoms with Gasteiger partial charge in [-0.15, -0.1) is 0 Å². The molecule has 1 saturated heterocycles. The van der Waals surface area contributed by atoms with Crippen molar-refractivity contribution in [2.45, 2.75) is 24.0 Å². The zero-order chi connectivity index (χ0) is 20.0. The molecular formula is C16H21ClN2O7S. The number of halogens is 1. The van der Waals surface area contributed by atoms with Gasteiger partial charge in [0.05, 0.1) is 24.2 Å². The number of ether oxygens (including phenoxy) is 2. The third-order valence-corrected chi connectivity index (χ3v) is 5.55. The van der Waals surface area contributed by atoms with E-state index in [-0.39, 0.29) is 4.90 Å². The van der Waals surface area contributed by atoms with Gasteiger partial charge < -0.3 is 19.5 Å². The number of aliphatic hydroxyl groups excluding tert-OH is 1. The highest BCUT2D eigenvalue weighted by atomic mass is 35.5. The third-order valence-electron chi connectivity index (χ3n) is 3.84. The number of morpholine rings is 1. The minimum Gasteiger partial charge on any atom is -0.454 e. The molecule has 1 fully saturated rings. The van der Waals surface area contributed by atoms with Crippen molar-refractivity contribution in [3.63, 3.8) is 0 Å². The standard InChI is InChI=1S/C16H21ClN2O7S/c1-11(20)15(18-27(23,24)13-4-2-12(17)3-5-13)16(22)26-10-14(21)19-6-8-25-9-7-19/h2-5,11,15,18,20H,6-10H2,1H3/t11-,15-/m0/s1. The van der Waals surface area contributed by atoms with E-state index in [1.807, 2.05) is 0 Å². The van der Waals surface area contributed by atoms with E-state index in [2.05, 4.69) is 4.72 Å². The molecule has 2 atom stereocenters. The van der Waals surface area contributed by atoms with Crippen molar-refractivity contribution < 1.29 is 32.6 Å². The van der Waals surface area contributed by atoms with Gasteiger partial charge in [0.2, 0.25) is 10.0 Å². The van der Waals surface area contributed by atoms with Crippen molar-refractivity contribution >= 4 is 33.5 Å². The normalized spacial score (nSPS) is 17.2. The topological polar surface area (TPSA) is 122 Å². The fourth-order valence-corrected chi connectivity index (χ4v) is 3.70. The van der Waals surface area contributed by atoms with E-state index in [4.69, 9.17) is 21.1 Å². The van der Waals surface area contributed by atoms with E-state index in [9.17, 15) is 23.1 Å². The fraction of sp³-hybridized carbons (Fsp3) is 0.500. The molecule has 0 unspecified atom stereocenters. The first kappa shape index (κ1) is 21.6. The number of hydrogen-bond donors (Lipinski definition) is 2. The largest absolute Gasteiger partial charge is 0.454 e. The van der Waals surface area contributed by atoms with Crippen LogP contribution >= 0.6 is 11.6 Å². The van der Waals surface area contributed by atoms with E-state index < -0.39 is 40.7 Å². The molecule has 0 radical (unpaired) electrons. The van der Waals surface area contributed by atoms with Gasteiger partial charge >= 0.3 is 5.97 Å². The summed E-state index contributed by atoms with van der Waals surface area (Å²) >= 11 is 5.73. The second-order valence-electron chi connectivity index (χ2n) is 5.89. The number of benzene rings is 1. The van der Waals surface area contributed by atoms with Crippen molar-refractivity contribution in [2.24, 2.45) is 0 Å². The maximum Gasteiger partial charge on any atom is 0.327 e. The first-order valence-corrected chi connectivity index (χ1v) is 10.0. The minimum absolute atomic E-state index is 0.130. The molecule has 0 bridgehead atoms. The summed E-state index contributed by atoms with van der Waals surface area (Å²) in [6, 6.07) is 3.72. The summed E-state index contributed by atoms with van der Waals surface area (Å²) in [6.45, 7) is 2.26. The molecule has 2 rings (SSSR count). The van der Waals surface area contributed by atoms with Gasteiger partial charge in [0, 0.05) is 18.1 Å². The summed E-state index contributed by atoms with van der Waals surface area (Å²) in [6.07, 6.45) is -1.38. The molecular weight excluding hydrogens is 400 g/mol. The SMILES string of the molecule is C[C@H](O)[C@H](NS(=O)(=O)c1ccc(Cl)cc1)C(=O)OCC(=O)N1CCOCC1. The molecule has 0 aromatic heterocycles. The van der Waals surface area contributed by atoms with Crippen LogP contribution in [0.2, 0.25) is 5.02 Å². The molecule has 1 amide bonds. The van der Waals surface area contributed by atoms with Gasteiger partial charge in [-0.1, -0.05) is 11.6 Å². The van der Waals surface area contributed by atoms with Gasteiger partial charge in [-0.2, -0.15) is 4.72 Å². The van der Waals surface area contributed by atoms with E-state index >= 15 is 0 Å². The van der Waals surface area contributed by atoms with Crippen LogP contribution in [0.15, 0.2) is 29.2 Å². The summed E-state index contributed by atoms with van der Waals surface area (Å²) in [4.78, 5) is 25.6. The summed E-state index contributed by atoms with van der Waals surface area (Å²) in [7, 11) is -4.11. The van der Waals surface area contributed by atoms with Gasteiger partial charge in [-0.25, -0.2) is 8.42 Å². The lowest BCUT2D eigenvalue weighted by atomic mass is 10.2. The number of rotatable bonds is 7. The molecule has 9 nitrogen and oxygen atoms in total. The second kappa shape index (κ2) is 9.47. The number of carbonyl (C=O) groups is 2. The van der Waals surface area contributed by atoms with E-state index in [1.165, 1.54) is 36.1 Å². The average Bonchev–Trinajstić information content (AvgIpc) is 2.64. The Kier molecular flexibility index (Phi) is 7.57. The Bertz CT molecular complexity index is 761. The van der Waals surface area contributed by atoms with Gasteiger partial charge in [0.1, 0.15) is 6.04 Å². The number of hydrogen-bond acceptors (Lipinski definition) is 7. The molecule has 1 heterocycles. The van der Waals surface area contributed by atoms with E-state index in [0.29, 0.717) is 31.3 Å². The smallest absolute Gasteiger partial charge is 0.327 e. The van der Waals surface area contributed by atoms with Crippen LogP contribution in [-0.2, 0) is 29.1 Å². The van der Waals surface area contributed by atoms with E-state index in [1.54, 1.807) is 0 Å². The molecule has 1 aliphatic heterocycles. The Hall–Kier alpha value is -1.72. The lowest BCUT2D eigenvalue weighted by Gasteiger charge is -2.27. The van der Waals surface area contributed by atoms with Crippen molar-refractivity contribution in [2.75, 3.05) is 32.9 Å². The van der Waals surface area contributed by atoms with Crippen LogP contribution in [0.25, 0.3) is 0 Å². The average molecular weight is 421 g/mol. The third kappa shape index (κ3) is 6.15.